The van der Waals surface area contributed by atoms with E-state index in [1.54, 1.807) is 4.90 Å². The van der Waals surface area contributed by atoms with Crippen molar-refractivity contribution in [1.82, 2.24) is 4.90 Å². The second-order valence-corrected chi connectivity index (χ2v) is 12.7. The summed E-state index contributed by atoms with van der Waals surface area (Å²) in [7, 11) is 3.73. The zero-order chi connectivity index (χ0) is 21.8. The minimum atomic E-state index is -0.0904. The van der Waals surface area contributed by atoms with E-state index in [0.717, 1.165) is 30.6 Å². The maximum atomic E-state index is 12.1. The lowest BCUT2D eigenvalue weighted by Crippen LogP contribution is -2.58. The fraction of sp³-hybridized carbons (Fsp3) is 0.963. The van der Waals surface area contributed by atoms with Crippen LogP contribution in [-0.4, -0.2) is 36.1 Å². The molecular weight excluding hydrogens is 370 g/mol. The number of aliphatic hydroxyl groups is 1. The Balaban J connectivity index is 1.51. The van der Waals surface area contributed by atoms with Gasteiger partial charge in [0.15, 0.2) is 0 Å². The first-order valence-electron chi connectivity index (χ1n) is 13.0. The number of carbonyl (C=O) groups excluding carboxylic acids is 1. The van der Waals surface area contributed by atoms with Gasteiger partial charge < -0.3 is 10.0 Å². The third kappa shape index (κ3) is 3.55. The van der Waals surface area contributed by atoms with Crippen molar-refractivity contribution in [2.24, 2.45) is 52.3 Å². The molecule has 0 aliphatic heterocycles. The van der Waals surface area contributed by atoms with Crippen LogP contribution < -0.4 is 0 Å². The number of aliphatic hydroxyl groups excluding tert-OH is 1. The smallest absolute Gasteiger partial charge is 0.222 e. The molecule has 4 saturated carbocycles. The first-order valence-corrected chi connectivity index (χ1v) is 13.0. The summed E-state index contributed by atoms with van der Waals surface area (Å²) in [5.41, 5.74) is 0.813. The Hall–Kier alpha value is -0.570. The van der Waals surface area contributed by atoms with E-state index in [1.807, 2.05) is 14.1 Å². The SMILES string of the molecule is C[C@@H]1CC[C@]2(C)C(C1)C[C@@H](O)[C@@H]1[C@H]3CC[C@@H]([C@@H](C)CCC(=O)N(C)C)[C@]3(C)CC[C@H]12. The highest BCUT2D eigenvalue weighted by atomic mass is 16.3. The summed E-state index contributed by atoms with van der Waals surface area (Å²) in [5.74, 6) is 5.05. The Morgan fingerprint density at radius 2 is 1.70 bits per heavy atom. The van der Waals surface area contributed by atoms with Crippen LogP contribution in [0, 0.1) is 52.3 Å². The number of nitrogens with zero attached hydrogens (tertiary/aromatic N) is 1. The third-order valence-electron chi connectivity index (χ3n) is 11.0. The molecule has 4 rings (SSSR count). The molecule has 4 fully saturated rings. The Kier molecular flexibility index (Phi) is 6.10. The molecule has 1 N–H and O–H groups in total. The first-order chi connectivity index (χ1) is 14.1. The first kappa shape index (κ1) is 22.6. The third-order valence-corrected chi connectivity index (χ3v) is 11.0. The van der Waals surface area contributed by atoms with Crippen LogP contribution in [0.25, 0.3) is 0 Å². The van der Waals surface area contributed by atoms with E-state index in [9.17, 15) is 9.90 Å². The second-order valence-electron chi connectivity index (χ2n) is 12.7. The van der Waals surface area contributed by atoms with Crippen LogP contribution in [-0.2, 0) is 4.79 Å². The molecular formula is C27H47NO2. The zero-order valence-corrected chi connectivity index (χ0v) is 20.5. The summed E-state index contributed by atoms with van der Waals surface area (Å²) < 4.78 is 0. The monoisotopic (exact) mass is 417 g/mol. The fourth-order valence-corrected chi connectivity index (χ4v) is 9.19. The van der Waals surface area contributed by atoms with Crippen molar-refractivity contribution < 1.29 is 9.90 Å². The molecule has 0 aromatic carbocycles. The molecule has 1 unspecified atom stereocenters. The molecule has 4 aliphatic rings. The lowest BCUT2D eigenvalue weighted by molar-refractivity contribution is -0.168. The van der Waals surface area contributed by atoms with Crippen LogP contribution in [0.2, 0.25) is 0 Å². The van der Waals surface area contributed by atoms with Gasteiger partial charge >= 0.3 is 0 Å². The number of fused-ring (bicyclic) bond motifs is 5. The van der Waals surface area contributed by atoms with Crippen molar-refractivity contribution in [3.05, 3.63) is 0 Å². The highest BCUT2D eigenvalue weighted by Crippen LogP contribution is 2.68. The number of amides is 1. The minimum Gasteiger partial charge on any atom is -0.393 e. The average molecular weight is 418 g/mol. The summed E-state index contributed by atoms with van der Waals surface area (Å²) >= 11 is 0. The summed E-state index contributed by atoms with van der Waals surface area (Å²) in [6.45, 7) is 9.96. The molecule has 10 atom stereocenters. The van der Waals surface area contributed by atoms with Crippen LogP contribution in [0.5, 0.6) is 0 Å². The lowest BCUT2D eigenvalue weighted by atomic mass is 9.43. The Morgan fingerprint density at radius 3 is 2.40 bits per heavy atom. The molecule has 0 saturated heterocycles. The van der Waals surface area contributed by atoms with Gasteiger partial charge in [0, 0.05) is 20.5 Å². The summed E-state index contributed by atoms with van der Waals surface area (Å²) in [6, 6.07) is 0. The van der Waals surface area contributed by atoms with Gasteiger partial charge in [-0.1, -0.05) is 34.1 Å². The largest absolute Gasteiger partial charge is 0.393 e. The standard InChI is InChI=1S/C27H47NO2/c1-17-11-13-26(3)19(15-17)16-23(29)25-21-9-8-20(27(21,4)14-12-22(25)26)18(2)7-10-24(30)28(5)6/h17-23,25,29H,7-16H2,1-6H3/t17-,18+,19?,20+,21-,22-,23-,25-,26-,27+/m1/s1. The van der Waals surface area contributed by atoms with E-state index in [4.69, 9.17) is 0 Å². The van der Waals surface area contributed by atoms with Gasteiger partial charge in [0.1, 0.15) is 0 Å². The number of hydrogen-bond donors (Lipinski definition) is 1. The molecule has 0 heterocycles. The van der Waals surface area contributed by atoms with Crippen molar-refractivity contribution in [2.75, 3.05) is 14.1 Å². The van der Waals surface area contributed by atoms with Gasteiger partial charge in [-0.2, -0.15) is 0 Å². The normalized spacial score (nSPS) is 49.0. The predicted molar refractivity (Wildman–Crippen MR) is 123 cm³/mol. The van der Waals surface area contributed by atoms with E-state index in [2.05, 4.69) is 27.7 Å². The van der Waals surface area contributed by atoms with Gasteiger partial charge in [-0.15, -0.1) is 0 Å². The van der Waals surface area contributed by atoms with Crippen LogP contribution in [0.4, 0.5) is 0 Å². The van der Waals surface area contributed by atoms with Crippen LogP contribution in [0.3, 0.4) is 0 Å². The molecule has 3 heteroatoms. The van der Waals surface area contributed by atoms with E-state index in [1.165, 1.54) is 44.9 Å². The maximum Gasteiger partial charge on any atom is 0.222 e. The van der Waals surface area contributed by atoms with E-state index < -0.39 is 0 Å². The van der Waals surface area contributed by atoms with Crippen LogP contribution >= 0.6 is 0 Å². The van der Waals surface area contributed by atoms with Gasteiger partial charge in [0.25, 0.3) is 0 Å². The summed E-state index contributed by atoms with van der Waals surface area (Å²) in [6.07, 6.45) is 12.0. The van der Waals surface area contributed by atoms with E-state index in [-0.39, 0.29) is 12.0 Å². The van der Waals surface area contributed by atoms with Crippen molar-refractivity contribution in [3.8, 4) is 0 Å². The van der Waals surface area contributed by atoms with Crippen LogP contribution in [0.1, 0.15) is 91.9 Å². The summed E-state index contributed by atoms with van der Waals surface area (Å²) in [4.78, 5) is 13.9. The van der Waals surface area contributed by atoms with Crippen molar-refractivity contribution in [3.63, 3.8) is 0 Å². The highest BCUT2D eigenvalue weighted by Gasteiger charge is 2.62. The fourth-order valence-electron chi connectivity index (χ4n) is 9.19. The molecule has 0 radical (unpaired) electrons. The van der Waals surface area contributed by atoms with E-state index >= 15 is 0 Å². The molecule has 0 bridgehead atoms. The predicted octanol–water partition coefficient (Wildman–Crippen LogP) is 5.76. The maximum absolute atomic E-state index is 12.1. The lowest BCUT2D eigenvalue weighted by Gasteiger charge is -2.62. The number of rotatable bonds is 4. The van der Waals surface area contributed by atoms with Crippen molar-refractivity contribution in [1.29, 1.82) is 0 Å². The number of carbonyl (C=O) groups is 1. The highest BCUT2D eigenvalue weighted by molar-refractivity contribution is 5.75. The molecule has 30 heavy (non-hydrogen) atoms. The van der Waals surface area contributed by atoms with Crippen LogP contribution in [0.15, 0.2) is 0 Å². The molecule has 0 aromatic heterocycles. The van der Waals surface area contributed by atoms with Crippen molar-refractivity contribution >= 4 is 5.91 Å². The van der Waals surface area contributed by atoms with Gasteiger partial charge in [-0.3, -0.25) is 4.79 Å². The van der Waals surface area contributed by atoms with Gasteiger partial charge in [-0.25, -0.2) is 0 Å². The zero-order valence-electron chi connectivity index (χ0n) is 20.5. The summed E-state index contributed by atoms with van der Waals surface area (Å²) in [5, 5.41) is 11.4. The Bertz CT molecular complexity index is 647. The minimum absolute atomic E-state index is 0.0904. The second kappa shape index (κ2) is 8.09. The van der Waals surface area contributed by atoms with Gasteiger partial charge in [-0.05, 0) is 104 Å². The molecule has 172 valence electrons. The van der Waals surface area contributed by atoms with E-state index in [0.29, 0.717) is 40.9 Å². The molecule has 1 amide bonds. The van der Waals surface area contributed by atoms with Gasteiger partial charge in [0.2, 0.25) is 5.91 Å². The molecule has 0 aromatic rings. The van der Waals surface area contributed by atoms with Gasteiger partial charge in [0.05, 0.1) is 6.10 Å². The molecule has 0 spiro atoms. The quantitative estimate of drug-likeness (QED) is 0.632. The molecule has 3 nitrogen and oxygen atoms in total. The average Bonchev–Trinajstić information content (AvgIpc) is 3.04. The number of hydrogen-bond acceptors (Lipinski definition) is 2. The van der Waals surface area contributed by atoms with Crippen molar-refractivity contribution in [2.45, 2.75) is 98.0 Å². The molecule has 4 aliphatic carbocycles. The topological polar surface area (TPSA) is 40.5 Å². The Morgan fingerprint density at radius 1 is 1.03 bits per heavy atom. The Labute approximate surface area is 185 Å².